The zero-order chi connectivity index (χ0) is 17.7. The van der Waals surface area contributed by atoms with Crippen molar-refractivity contribution < 1.29 is 9.90 Å². The number of nitrogens with zero attached hydrogens (tertiary/aromatic N) is 3. The molecule has 10 heteroatoms. The van der Waals surface area contributed by atoms with Crippen LogP contribution in [0, 0.1) is 11.3 Å². The van der Waals surface area contributed by atoms with E-state index in [0.29, 0.717) is 15.9 Å². The fraction of sp³-hybridized carbons (Fsp3) is 0.143. The minimum Gasteiger partial charge on any atom is -0.505 e. The molecule has 0 aliphatic carbocycles. The Hall–Kier alpha value is -1.79. The highest BCUT2D eigenvalue weighted by molar-refractivity contribution is 7.99. The molecule has 6 nitrogen and oxygen atoms in total. The monoisotopic (exact) mass is 400 g/mol. The number of thioether (sulfide) groups is 1. The Kier molecular flexibility index (Phi) is 6.45. The first kappa shape index (κ1) is 18.5. The molecule has 2 N–H and O–H groups in total. The second kappa shape index (κ2) is 8.35. The maximum atomic E-state index is 12.2. The molecule has 2 rings (SSSR count). The third-order valence-electron chi connectivity index (χ3n) is 2.62. The number of halogens is 2. The van der Waals surface area contributed by atoms with Crippen LogP contribution in [0.4, 0.5) is 5.13 Å². The molecule has 0 aliphatic rings. The Balaban J connectivity index is 2.20. The zero-order valence-electron chi connectivity index (χ0n) is 12.2. The van der Waals surface area contributed by atoms with Crippen molar-refractivity contribution in [2.24, 2.45) is 0 Å². The molecule has 0 fully saturated rings. The Morgan fingerprint density at radius 2 is 2.17 bits per heavy atom. The van der Waals surface area contributed by atoms with Crippen molar-refractivity contribution in [1.82, 2.24) is 9.36 Å². The fourth-order valence-electron chi connectivity index (χ4n) is 1.60. The Labute approximate surface area is 156 Å². The Morgan fingerprint density at radius 3 is 2.75 bits per heavy atom. The average molecular weight is 401 g/mol. The molecule has 0 saturated heterocycles. The third-order valence-corrected chi connectivity index (χ3v) is 4.67. The Morgan fingerprint density at radius 1 is 1.50 bits per heavy atom. The highest BCUT2D eigenvalue weighted by Gasteiger charge is 2.14. The highest BCUT2D eigenvalue weighted by atomic mass is 35.5. The van der Waals surface area contributed by atoms with Gasteiger partial charge < -0.3 is 5.11 Å². The number of rotatable bonds is 5. The smallest absolute Gasteiger partial charge is 0.268 e. The van der Waals surface area contributed by atoms with Crippen LogP contribution < -0.4 is 5.32 Å². The highest BCUT2D eigenvalue weighted by Crippen LogP contribution is 2.33. The van der Waals surface area contributed by atoms with Gasteiger partial charge in [0.1, 0.15) is 11.6 Å². The van der Waals surface area contributed by atoms with Crippen molar-refractivity contribution in [3.63, 3.8) is 0 Å². The third kappa shape index (κ3) is 4.61. The number of anilines is 1. The van der Waals surface area contributed by atoms with Crippen molar-refractivity contribution >= 4 is 63.6 Å². The number of hydrogen-bond donors (Lipinski definition) is 2. The molecule has 1 amide bonds. The normalized spacial score (nSPS) is 11.2. The first-order chi connectivity index (χ1) is 11.4. The minimum atomic E-state index is -0.623. The summed E-state index contributed by atoms with van der Waals surface area (Å²) in [4.78, 5) is 16.3. The van der Waals surface area contributed by atoms with E-state index in [4.69, 9.17) is 23.2 Å². The van der Waals surface area contributed by atoms with E-state index in [0.717, 1.165) is 17.3 Å². The van der Waals surface area contributed by atoms with Gasteiger partial charge in [0.2, 0.25) is 10.3 Å². The van der Waals surface area contributed by atoms with Crippen molar-refractivity contribution in [3.05, 3.63) is 33.3 Å². The number of benzene rings is 1. The topological polar surface area (TPSA) is 98.9 Å². The molecule has 0 radical (unpaired) electrons. The number of aromatic nitrogens is 2. The molecule has 1 aromatic carbocycles. The quantitative estimate of drug-likeness (QED) is 0.442. The summed E-state index contributed by atoms with van der Waals surface area (Å²) < 4.78 is 4.07. The van der Waals surface area contributed by atoms with Gasteiger partial charge in [0.25, 0.3) is 5.91 Å². The van der Waals surface area contributed by atoms with E-state index in [2.05, 4.69) is 14.7 Å². The summed E-state index contributed by atoms with van der Waals surface area (Å²) in [6.45, 7) is 1.97. The van der Waals surface area contributed by atoms with Gasteiger partial charge in [-0.05, 0) is 29.5 Å². The van der Waals surface area contributed by atoms with Gasteiger partial charge in [0.15, 0.2) is 5.75 Å². The number of hydrogen-bond acceptors (Lipinski definition) is 7. The second-order valence-corrected chi connectivity index (χ2v) is 7.07. The second-order valence-electron chi connectivity index (χ2n) is 4.27. The number of nitriles is 1. The van der Waals surface area contributed by atoms with Gasteiger partial charge in [-0.1, -0.05) is 41.9 Å². The van der Waals surface area contributed by atoms with Crippen LogP contribution in [0.3, 0.4) is 0 Å². The lowest BCUT2D eigenvalue weighted by Gasteiger charge is -2.03. The van der Waals surface area contributed by atoms with Crippen LogP contribution in [-0.4, -0.2) is 26.1 Å². The molecule has 0 spiro atoms. The van der Waals surface area contributed by atoms with Gasteiger partial charge in [-0.15, -0.1) is 0 Å². The maximum absolute atomic E-state index is 12.2. The molecule has 124 valence electrons. The van der Waals surface area contributed by atoms with Crippen molar-refractivity contribution in [3.8, 4) is 11.8 Å². The summed E-state index contributed by atoms with van der Waals surface area (Å²) in [5.74, 6) is -0.0641. The van der Waals surface area contributed by atoms with Crippen LogP contribution in [0.25, 0.3) is 6.08 Å². The van der Waals surface area contributed by atoms with Gasteiger partial charge in [-0.3, -0.25) is 10.1 Å². The molecule has 1 aromatic heterocycles. The molecular weight excluding hydrogens is 391 g/mol. The predicted molar refractivity (Wildman–Crippen MR) is 96.7 cm³/mol. The van der Waals surface area contributed by atoms with Crippen LogP contribution in [0.1, 0.15) is 12.5 Å². The summed E-state index contributed by atoms with van der Waals surface area (Å²) >= 11 is 14.1. The van der Waals surface area contributed by atoms with Gasteiger partial charge >= 0.3 is 0 Å². The minimum absolute atomic E-state index is 0.0248. The summed E-state index contributed by atoms with van der Waals surface area (Å²) in [5.41, 5.74) is 0.252. The largest absolute Gasteiger partial charge is 0.505 e. The molecule has 0 aliphatic heterocycles. The van der Waals surface area contributed by atoms with Crippen molar-refractivity contribution in [1.29, 1.82) is 5.26 Å². The van der Waals surface area contributed by atoms with E-state index >= 15 is 0 Å². The summed E-state index contributed by atoms with van der Waals surface area (Å²) in [7, 11) is 0. The van der Waals surface area contributed by atoms with Crippen LogP contribution in [0.2, 0.25) is 10.0 Å². The van der Waals surface area contributed by atoms with Crippen LogP contribution in [0.5, 0.6) is 5.75 Å². The number of phenolic OH excluding ortho intramolecular Hbond substituents is 1. The number of aromatic hydroxyl groups is 1. The van der Waals surface area contributed by atoms with Crippen molar-refractivity contribution in [2.75, 3.05) is 11.1 Å². The molecule has 2 aromatic rings. The molecule has 0 bridgehead atoms. The van der Waals surface area contributed by atoms with E-state index in [1.165, 1.54) is 30.0 Å². The predicted octanol–water partition coefficient (Wildman–Crippen LogP) is 4.21. The molecule has 0 atom stereocenters. The lowest BCUT2D eigenvalue weighted by atomic mass is 10.1. The molecule has 0 unspecified atom stereocenters. The lowest BCUT2D eigenvalue weighted by Crippen LogP contribution is -2.13. The lowest BCUT2D eigenvalue weighted by molar-refractivity contribution is -0.112. The molecule has 24 heavy (non-hydrogen) atoms. The molecular formula is C14H10Cl2N4O2S2. The van der Waals surface area contributed by atoms with E-state index in [1.807, 2.05) is 13.0 Å². The van der Waals surface area contributed by atoms with E-state index in [-0.39, 0.29) is 21.4 Å². The first-order valence-electron chi connectivity index (χ1n) is 6.52. The van der Waals surface area contributed by atoms with E-state index < -0.39 is 5.91 Å². The van der Waals surface area contributed by atoms with Gasteiger partial charge in [-0.25, -0.2) is 0 Å². The fourth-order valence-corrected chi connectivity index (χ4v) is 3.37. The molecule has 0 saturated carbocycles. The first-order valence-corrected chi connectivity index (χ1v) is 9.03. The van der Waals surface area contributed by atoms with Crippen LogP contribution in [0.15, 0.2) is 22.9 Å². The number of nitrogens with one attached hydrogen (secondary N) is 1. The van der Waals surface area contributed by atoms with Gasteiger partial charge in [-0.2, -0.15) is 14.6 Å². The SMILES string of the molecule is CCSc1nsc(NC(=O)/C(C#N)=C\c2cc(Cl)c(O)c(Cl)c2)n1. The summed E-state index contributed by atoms with van der Waals surface area (Å²) in [6.07, 6.45) is 1.31. The standard InChI is InChI=1S/C14H10Cl2N4O2S2/c1-2-23-14-19-13(24-20-14)18-12(22)8(6-17)3-7-4-9(15)11(21)10(16)5-7/h3-5,21H,2H2,1H3,(H,18,19,20,22)/b8-3-. The van der Waals surface area contributed by atoms with Gasteiger partial charge in [0.05, 0.1) is 10.0 Å². The number of carbonyl (C=O) groups is 1. The molecule has 1 heterocycles. The summed E-state index contributed by atoms with van der Waals surface area (Å²) in [5, 5.41) is 22.2. The summed E-state index contributed by atoms with van der Waals surface area (Å²) in [6, 6.07) is 4.60. The number of amides is 1. The number of phenols is 1. The van der Waals surface area contributed by atoms with E-state index in [9.17, 15) is 15.2 Å². The van der Waals surface area contributed by atoms with Crippen LogP contribution >= 0.6 is 46.5 Å². The van der Waals surface area contributed by atoms with Crippen molar-refractivity contribution in [2.45, 2.75) is 12.1 Å². The Bertz CT molecular complexity index is 823. The number of carbonyl (C=O) groups excluding carboxylic acids is 1. The van der Waals surface area contributed by atoms with Crippen LogP contribution in [-0.2, 0) is 4.79 Å². The average Bonchev–Trinajstić information content (AvgIpc) is 2.97. The van der Waals surface area contributed by atoms with E-state index in [1.54, 1.807) is 0 Å². The maximum Gasteiger partial charge on any atom is 0.268 e. The zero-order valence-corrected chi connectivity index (χ0v) is 15.4. The van der Waals surface area contributed by atoms with Gasteiger partial charge in [0, 0.05) is 11.5 Å².